The van der Waals surface area contributed by atoms with Gasteiger partial charge in [0.05, 0.1) is 16.1 Å². The number of benzene rings is 2. The Balaban J connectivity index is 1.74. The predicted octanol–water partition coefficient (Wildman–Crippen LogP) is 6.29. The van der Waals surface area contributed by atoms with Crippen molar-refractivity contribution in [1.29, 1.82) is 0 Å². The van der Waals surface area contributed by atoms with E-state index in [-0.39, 0.29) is 45.2 Å². The average Bonchev–Trinajstić information content (AvgIpc) is 3.22. The third kappa shape index (κ3) is 5.23. The number of nitrogens with zero attached hydrogens (tertiary/aromatic N) is 2. The number of aromatic nitrogens is 1. The molecule has 7 heteroatoms. The predicted molar refractivity (Wildman–Crippen MR) is 129 cm³/mol. The normalized spacial score (nSPS) is 14.7. The summed E-state index contributed by atoms with van der Waals surface area (Å²) < 4.78 is 5.59. The highest BCUT2D eigenvalue weighted by molar-refractivity contribution is 6.32. The minimum Gasteiger partial charge on any atom is -0.507 e. The van der Waals surface area contributed by atoms with E-state index in [0.717, 1.165) is 31.3 Å². The summed E-state index contributed by atoms with van der Waals surface area (Å²) in [6.07, 6.45) is 4.10. The first-order valence-corrected chi connectivity index (χ1v) is 11.8. The molecule has 2 aromatic carbocycles. The summed E-state index contributed by atoms with van der Waals surface area (Å²) in [4.78, 5) is 15.4. The number of piperidine rings is 1. The molecule has 0 atom stereocenters. The van der Waals surface area contributed by atoms with Gasteiger partial charge < -0.3 is 14.7 Å². The first-order valence-electron chi connectivity index (χ1n) is 11.4. The summed E-state index contributed by atoms with van der Waals surface area (Å²) in [5.41, 5.74) is 2.98. The van der Waals surface area contributed by atoms with Crippen molar-refractivity contribution in [1.82, 2.24) is 10.1 Å². The smallest absolute Gasteiger partial charge is 0.185 e. The van der Waals surface area contributed by atoms with Crippen LogP contribution in [0.1, 0.15) is 55.6 Å². The van der Waals surface area contributed by atoms with Crippen molar-refractivity contribution in [3.63, 3.8) is 0 Å². The topological polar surface area (TPSA) is 86.8 Å². The first kappa shape index (κ1) is 23.3. The lowest BCUT2D eigenvalue weighted by Gasteiger charge is -2.26. The molecule has 4 rings (SSSR count). The van der Waals surface area contributed by atoms with Gasteiger partial charge in [0, 0.05) is 19.0 Å². The fourth-order valence-electron chi connectivity index (χ4n) is 4.28. The average molecular weight is 469 g/mol. The zero-order chi connectivity index (χ0) is 23.5. The summed E-state index contributed by atoms with van der Waals surface area (Å²) in [5, 5.41) is 24.4. The lowest BCUT2D eigenvalue weighted by molar-refractivity contribution is 0.0959. The summed E-state index contributed by atoms with van der Waals surface area (Å²) >= 11 is 6.09. The van der Waals surface area contributed by atoms with Gasteiger partial charge in [-0.15, -0.1) is 0 Å². The van der Waals surface area contributed by atoms with Gasteiger partial charge in [-0.2, -0.15) is 0 Å². The number of Topliss-reactive ketones (excluding diaryl/α,β-unsaturated/α-hetero) is 1. The van der Waals surface area contributed by atoms with Gasteiger partial charge in [-0.3, -0.25) is 9.69 Å². The second kappa shape index (κ2) is 9.98. The summed E-state index contributed by atoms with van der Waals surface area (Å²) in [7, 11) is 0. The Labute approximate surface area is 198 Å². The van der Waals surface area contributed by atoms with Crippen molar-refractivity contribution in [2.24, 2.45) is 5.92 Å². The van der Waals surface area contributed by atoms with Gasteiger partial charge in [0.1, 0.15) is 11.5 Å². The third-order valence-corrected chi connectivity index (χ3v) is 6.26. The molecule has 1 aromatic heterocycles. The van der Waals surface area contributed by atoms with Gasteiger partial charge in [-0.1, -0.05) is 61.3 Å². The van der Waals surface area contributed by atoms with Crippen molar-refractivity contribution in [2.75, 3.05) is 13.1 Å². The number of phenols is 2. The van der Waals surface area contributed by atoms with Gasteiger partial charge in [-0.25, -0.2) is 0 Å². The molecule has 0 amide bonds. The highest BCUT2D eigenvalue weighted by atomic mass is 35.5. The molecule has 174 valence electrons. The SMILES string of the molecule is CC(C)CC(=O)c1noc(-c2cc(Cl)c(O)cc2O)c1-c1ccc(CN2CCCCC2)cc1. The van der Waals surface area contributed by atoms with Crippen molar-refractivity contribution >= 4 is 17.4 Å². The van der Waals surface area contributed by atoms with Crippen LogP contribution in [-0.4, -0.2) is 39.1 Å². The molecule has 1 aliphatic rings. The van der Waals surface area contributed by atoms with Crippen molar-refractivity contribution in [2.45, 2.75) is 46.1 Å². The molecule has 0 radical (unpaired) electrons. The van der Waals surface area contributed by atoms with Crippen LogP contribution in [0.4, 0.5) is 0 Å². The highest BCUT2D eigenvalue weighted by Gasteiger charge is 2.27. The monoisotopic (exact) mass is 468 g/mol. The highest BCUT2D eigenvalue weighted by Crippen LogP contribution is 2.43. The molecule has 2 heterocycles. The molecular weight excluding hydrogens is 440 g/mol. The van der Waals surface area contributed by atoms with Crippen LogP contribution in [0.15, 0.2) is 40.9 Å². The van der Waals surface area contributed by atoms with Crippen LogP contribution in [0.25, 0.3) is 22.5 Å². The third-order valence-electron chi connectivity index (χ3n) is 5.96. The van der Waals surface area contributed by atoms with Crippen LogP contribution in [0.5, 0.6) is 11.5 Å². The van der Waals surface area contributed by atoms with Gasteiger partial charge in [0.2, 0.25) is 0 Å². The van der Waals surface area contributed by atoms with E-state index >= 15 is 0 Å². The lowest BCUT2D eigenvalue weighted by Crippen LogP contribution is -2.29. The molecule has 2 N–H and O–H groups in total. The number of ketones is 1. The molecule has 33 heavy (non-hydrogen) atoms. The zero-order valence-electron chi connectivity index (χ0n) is 19.0. The van der Waals surface area contributed by atoms with E-state index in [1.54, 1.807) is 0 Å². The van der Waals surface area contributed by atoms with Crippen LogP contribution in [0, 0.1) is 5.92 Å². The molecule has 0 saturated carbocycles. The quantitative estimate of drug-likeness (QED) is 0.396. The Hall–Kier alpha value is -2.83. The van der Waals surface area contributed by atoms with Crippen LogP contribution >= 0.6 is 11.6 Å². The number of aromatic hydroxyl groups is 2. The number of carbonyl (C=O) groups is 1. The number of hydrogen-bond acceptors (Lipinski definition) is 6. The molecule has 6 nitrogen and oxygen atoms in total. The molecule has 3 aromatic rings. The van der Waals surface area contributed by atoms with Crippen LogP contribution in [0.3, 0.4) is 0 Å². The second-order valence-corrected chi connectivity index (χ2v) is 9.52. The lowest BCUT2D eigenvalue weighted by atomic mass is 9.94. The number of phenolic OH excluding ortho intramolecular Hbond substituents is 2. The largest absolute Gasteiger partial charge is 0.507 e. The molecule has 0 aliphatic carbocycles. The number of rotatable bonds is 7. The number of likely N-dealkylation sites (tertiary alicyclic amines) is 1. The number of hydrogen-bond donors (Lipinski definition) is 2. The molecule has 0 bridgehead atoms. The van der Waals surface area contributed by atoms with E-state index in [2.05, 4.69) is 22.2 Å². The number of carbonyl (C=O) groups excluding carboxylic acids is 1. The van der Waals surface area contributed by atoms with Gasteiger partial charge >= 0.3 is 0 Å². The maximum Gasteiger partial charge on any atom is 0.185 e. The fourth-order valence-corrected chi connectivity index (χ4v) is 4.45. The van der Waals surface area contributed by atoms with Crippen LogP contribution in [-0.2, 0) is 6.54 Å². The van der Waals surface area contributed by atoms with E-state index in [1.807, 2.05) is 26.0 Å². The Morgan fingerprint density at radius 2 is 1.79 bits per heavy atom. The van der Waals surface area contributed by atoms with Crippen molar-refractivity contribution in [3.05, 3.63) is 52.7 Å². The van der Waals surface area contributed by atoms with Crippen molar-refractivity contribution in [3.8, 4) is 33.9 Å². The van der Waals surface area contributed by atoms with E-state index in [0.29, 0.717) is 12.0 Å². The molecule has 0 unspecified atom stereocenters. The summed E-state index contributed by atoms with van der Waals surface area (Å²) in [5.74, 6) is -0.174. The number of halogens is 1. The van der Waals surface area contributed by atoms with Crippen LogP contribution < -0.4 is 0 Å². The van der Waals surface area contributed by atoms with Crippen LogP contribution in [0.2, 0.25) is 5.02 Å². The zero-order valence-corrected chi connectivity index (χ0v) is 19.7. The fraction of sp³-hybridized carbons (Fsp3) is 0.385. The maximum atomic E-state index is 13.0. The molecule has 1 aliphatic heterocycles. The standard InChI is InChI=1S/C26H29ClN2O4/c1-16(2)12-23(32)25-24(26(33-28-25)19-13-20(27)22(31)14-21(19)30)18-8-6-17(7-9-18)15-29-10-4-3-5-11-29/h6-9,13-14,16,30-31H,3-5,10-12,15H2,1-2H3. The van der Waals surface area contributed by atoms with E-state index < -0.39 is 0 Å². The van der Waals surface area contributed by atoms with E-state index in [9.17, 15) is 15.0 Å². The second-order valence-electron chi connectivity index (χ2n) is 9.11. The van der Waals surface area contributed by atoms with Gasteiger partial charge in [-0.05, 0) is 49.0 Å². The van der Waals surface area contributed by atoms with Gasteiger partial charge in [0.15, 0.2) is 17.2 Å². The molecule has 1 fully saturated rings. The Morgan fingerprint density at radius 3 is 2.45 bits per heavy atom. The van der Waals surface area contributed by atoms with E-state index in [1.165, 1.54) is 30.9 Å². The Morgan fingerprint density at radius 1 is 1.09 bits per heavy atom. The molecule has 0 spiro atoms. The molecular formula is C26H29ClN2O4. The van der Waals surface area contributed by atoms with E-state index in [4.69, 9.17) is 16.1 Å². The Bertz CT molecular complexity index is 1130. The summed E-state index contributed by atoms with van der Waals surface area (Å²) in [6.45, 7) is 7.07. The van der Waals surface area contributed by atoms with Crippen molar-refractivity contribution < 1.29 is 19.5 Å². The molecule has 1 saturated heterocycles. The Kier molecular flexibility index (Phi) is 7.05. The summed E-state index contributed by atoms with van der Waals surface area (Å²) in [6, 6.07) is 10.6. The van der Waals surface area contributed by atoms with Gasteiger partial charge in [0.25, 0.3) is 0 Å². The minimum absolute atomic E-state index is 0.0667. The first-order chi connectivity index (χ1) is 15.8. The maximum absolute atomic E-state index is 13.0. The minimum atomic E-state index is -0.239.